The molecule has 0 radical (unpaired) electrons. The molecule has 0 heterocycles. The molecule has 0 saturated carbocycles. The first-order chi connectivity index (χ1) is 5.20. The minimum absolute atomic E-state index is 0.0541. The molecule has 1 aliphatic rings. The van der Waals surface area contributed by atoms with Gasteiger partial charge >= 0.3 is 5.97 Å². The van der Waals surface area contributed by atoms with Crippen molar-refractivity contribution in [2.24, 2.45) is 0 Å². The Morgan fingerprint density at radius 1 is 1.82 bits per heavy atom. The van der Waals surface area contributed by atoms with Crippen molar-refractivity contribution in [1.29, 1.82) is 0 Å². The first-order valence-electron chi connectivity index (χ1n) is 3.41. The number of carbonyl (C=O) groups is 1. The average Bonchev–Trinajstić information content (AvgIpc) is 1.93. The Bertz CT molecular complexity index is 218. The summed E-state index contributed by atoms with van der Waals surface area (Å²) in [4.78, 5) is 10.3. The first-order valence-corrected chi connectivity index (χ1v) is 3.85. The fourth-order valence-electron chi connectivity index (χ4n) is 0.990. The summed E-state index contributed by atoms with van der Waals surface area (Å²) in [5.74, 6) is -0.822. The topological polar surface area (TPSA) is 37.3 Å². The van der Waals surface area contributed by atoms with Crippen LogP contribution in [0.1, 0.15) is 12.8 Å². The number of carboxylic acid groups (broad SMARTS) is 1. The van der Waals surface area contributed by atoms with E-state index in [2.05, 4.69) is 0 Å². The molecule has 1 aliphatic carbocycles. The van der Waals surface area contributed by atoms with Gasteiger partial charge in [-0.15, -0.1) is 11.6 Å². The summed E-state index contributed by atoms with van der Waals surface area (Å²) in [6, 6.07) is 0. The third-order valence-corrected chi connectivity index (χ3v) is 2.01. The smallest absolute Gasteiger partial charge is 0.307 e. The molecule has 0 aliphatic heterocycles. The molecule has 0 aromatic rings. The molecule has 11 heavy (non-hydrogen) atoms. The number of carboxylic acids is 1. The molecule has 2 nitrogen and oxygen atoms in total. The number of allylic oxidation sites excluding steroid dienone is 3. The highest BCUT2D eigenvalue weighted by Crippen LogP contribution is 2.21. The molecule has 1 rings (SSSR count). The summed E-state index contributed by atoms with van der Waals surface area (Å²) in [5, 5.41) is 8.33. The molecule has 0 spiro atoms. The monoisotopic (exact) mass is 172 g/mol. The van der Waals surface area contributed by atoms with Crippen LogP contribution in [0.5, 0.6) is 0 Å². The zero-order valence-electron chi connectivity index (χ0n) is 5.96. The van der Waals surface area contributed by atoms with Crippen LogP contribution in [-0.4, -0.2) is 16.5 Å². The lowest BCUT2D eigenvalue weighted by Crippen LogP contribution is -2.09. The maximum Gasteiger partial charge on any atom is 0.307 e. The van der Waals surface area contributed by atoms with Crippen molar-refractivity contribution in [2.75, 3.05) is 0 Å². The Morgan fingerprint density at radius 2 is 2.55 bits per heavy atom. The molecule has 0 saturated heterocycles. The Kier molecular flexibility index (Phi) is 2.71. The summed E-state index contributed by atoms with van der Waals surface area (Å²) in [5.41, 5.74) is 0.793. The van der Waals surface area contributed by atoms with Crippen LogP contribution >= 0.6 is 11.6 Å². The van der Waals surface area contributed by atoms with E-state index in [0.717, 1.165) is 12.0 Å². The van der Waals surface area contributed by atoms with Crippen LogP contribution in [0.3, 0.4) is 0 Å². The SMILES string of the molecule is O=C(O)CC1=CC=CCC1Cl. The molecule has 0 aromatic heterocycles. The number of aliphatic carboxylic acids is 1. The van der Waals surface area contributed by atoms with Gasteiger partial charge < -0.3 is 5.11 Å². The third kappa shape index (κ3) is 2.39. The Morgan fingerprint density at radius 3 is 3.09 bits per heavy atom. The lowest BCUT2D eigenvalue weighted by molar-refractivity contribution is -0.136. The van der Waals surface area contributed by atoms with Crippen LogP contribution in [-0.2, 0) is 4.79 Å². The van der Waals surface area contributed by atoms with Gasteiger partial charge in [0, 0.05) is 0 Å². The second-order valence-corrected chi connectivity index (χ2v) is 2.97. The van der Waals surface area contributed by atoms with Crippen LogP contribution in [0.15, 0.2) is 23.8 Å². The van der Waals surface area contributed by atoms with E-state index in [-0.39, 0.29) is 11.8 Å². The Balaban J connectivity index is 2.61. The number of rotatable bonds is 2. The molecular formula is C8H9ClO2. The van der Waals surface area contributed by atoms with E-state index < -0.39 is 5.97 Å². The Labute approximate surface area is 70.2 Å². The zero-order chi connectivity index (χ0) is 8.27. The number of alkyl halides is 1. The number of hydrogen-bond acceptors (Lipinski definition) is 1. The van der Waals surface area contributed by atoms with Crippen LogP contribution in [0.25, 0.3) is 0 Å². The van der Waals surface area contributed by atoms with E-state index in [9.17, 15) is 4.79 Å². The standard InChI is InChI=1S/C8H9ClO2/c9-7-4-2-1-3-6(7)5-8(10)11/h1-3,7H,4-5H2,(H,10,11). The van der Waals surface area contributed by atoms with Gasteiger partial charge in [0.05, 0.1) is 11.8 Å². The van der Waals surface area contributed by atoms with E-state index in [1.165, 1.54) is 0 Å². The van der Waals surface area contributed by atoms with Crippen molar-refractivity contribution < 1.29 is 9.90 Å². The minimum atomic E-state index is -0.822. The van der Waals surface area contributed by atoms with Gasteiger partial charge in [-0.05, 0) is 12.0 Å². The number of halogens is 1. The molecule has 60 valence electrons. The van der Waals surface area contributed by atoms with Crippen molar-refractivity contribution in [3.05, 3.63) is 23.8 Å². The molecule has 3 heteroatoms. The summed E-state index contributed by atoms with van der Waals surface area (Å²) < 4.78 is 0. The summed E-state index contributed by atoms with van der Waals surface area (Å²) in [6.07, 6.45) is 6.34. The fourth-order valence-corrected chi connectivity index (χ4v) is 1.24. The molecule has 0 aromatic carbocycles. The van der Waals surface area contributed by atoms with Gasteiger partial charge in [-0.25, -0.2) is 0 Å². The van der Waals surface area contributed by atoms with Crippen LogP contribution in [0.4, 0.5) is 0 Å². The average molecular weight is 173 g/mol. The zero-order valence-corrected chi connectivity index (χ0v) is 6.71. The number of hydrogen-bond donors (Lipinski definition) is 1. The van der Waals surface area contributed by atoms with Crippen LogP contribution < -0.4 is 0 Å². The third-order valence-electron chi connectivity index (χ3n) is 1.55. The van der Waals surface area contributed by atoms with Crippen molar-refractivity contribution in [2.45, 2.75) is 18.2 Å². The highest BCUT2D eigenvalue weighted by Gasteiger charge is 2.14. The van der Waals surface area contributed by atoms with Gasteiger partial charge in [-0.1, -0.05) is 18.2 Å². The molecule has 0 bridgehead atoms. The predicted molar refractivity (Wildman–Crippen MR) is 43.7 cm³/mol. The van der Waals surface area contributed by atoms with Crippen molar-refractivity contribution in [1.82, 2.24) is 0 Å². The van der Waals surface area contributed by atoms with E-state index in [4.69, 9.17) is 16.7 Å². The lowest BCUT2D eigenvalue weighted by atomic mass is 10.0. The van der Waals surface area contributed by atoms with Gasteiger partial charge in [0.1, 0.15) is 0 Å². The highest BCUT2D eigenvalue weighted by atomic mass is 35.5. The van der Waals surface area contributed by atoms with E-state index in [1.807, 2.05) is 12.2 Å². The largest absolute Gasteiger partial charge is 0.481 e. The second kappa shape index (κ2) is 3.58. The normalized spacial score (nSPS) is 23.0. The second-order valence-electron chi connectivity index (χ2n) is 2.44. The van der Waals surface area contributed by atoms with Gasteiger partial charge in [-0.2, -0.15) is 0 Å². The van der Waals surface area contributed by atoms with E-state index >= 15 is 0 Å². The maximum atomic E-state index is 10.3. The van der Waals surface area contributed by atoms with Crippen molar-refractivity contribution in [3.8, 4) is 0 Å². The van der Waals surface area contributed by atoms with E-state index in [1.54, 1.807) is 6.08 Å². The van der Waals surface area contributed by atoms with Gasteiger partial charge in [0.15, 0.2) is 0 Å². The van der Waals surface area contributed by atoms with Gasteiger partial charge in [0.2, 0.25) is 0 Å². The molecule has 1 unspecified atom stereocenters. The Hall–Kier alpha value is -0.760. The lowest BCUT2D eigenvalue weighted by Gasteiger charge is -2.12. The summed E-state index contributed by atoms with van der Waals surface area (Å²) in [6.45, 7) is 0. The van der Waals surface area contributed by atoms with Crippen LogP contribution in [0.2, 0.25) is 0 Å². The molecule has 0 amide bonds. The van der Waals surface area contributed by atoms with Gasteiger partial charge in [-0.3, -0.25) is 4.79 Å². The fraction of sp³-hybridized carbons (Fsp3) is 0.375. The summed E-state index contributed by atoms with van der Waals surface area (Å²) in [7, 11) is 0. The first kappa shape index (κ1) is 8.34. The predicted octanol–water partition coefficient (Wildman–Crippen LogP) is 1.95. The van der Waals surface area contributed by atoms with E-state index in [0.29, 0.717) is 0 Å². The van der Waals surface area contributed by atoms with Crippen molar-refractivity contribution in [3.63, 3.8) is 0 Å². The minimum Gasteiger partial charge on any atom is -0.481 e. The molecule has 1 atom stereocenters. The maximum absolute atomic E-state index is 10.3. The van der Waals surface area contributed by atoms with Crippen molar-refractivity contribution >= 4 is 17.6 Å². The molecular weight excluding hydrogens is 164 g/mol. The molecule has 0 fully saturated rings. The van der Waals surface area contributed by atoms with Gasteiger partial charge in [0.25, 0.3) is 0 Å². The molecule has 1 N–H and O–H groups in total. The quantitative estimate of drug-likeness (QED) is 0.647. The summed E-state index contributed by atoms with van der Waals surface area (Å²) >= 11 is 5.84. The van der Waals surface area contributed by atoms with Crippen LogP contribution in [0, 0.1) is 0 Å². The highest BCUT2D eigenvalue weighted by molar-refractivity contribution is 6.22.